The first kappa shape index (κ1) is 17.3. The van der Waals surface area contributed by atoms with Crippen molar-refractivity contribution < 1.29 is 18.1 Å². The minimum Gasteiger partial charge on any atom is -0.417 e. The van der Waals surface area contributed by atoms with Crippen LogP contribution in [0.5, 0.6) is 0 Å². The number of carbonyl (C=O) groups excluding carboxylic acids is 1. The van der Waals surface area contributed by atoms with E-state index in [1.165, 1.54) is 10.9 Å². The summed E-state index contributed by atoms with van der Waals surface area (Å²) >= 11 is 0. The van der Waals surface area contributed by atoms with Crippen molar-refractivity contribution in [1.82, 2.24) is 24.9 Å². The van der Waals surface area contributed by atoms with E-state index < -0.39 is 12.1 Å². The number of anilines is 1. The molecule has 3 aromatic heterocycles. The smallest absolute Gasteiger partial charge is 0.323 e. The molecule has 1 aromatic carbocycles. The second kappa shape index (κ2) is 6.66. The Labute approximate surface area is 163 Å². The van der Waals surface area contributed by atoms with Crippen LogP contribution in [-0.2, 0) is 0 Å². The second-order valence-electron chi connectivity index (χ2n) is 6.76. The molecule has 10 heteroatoms. The van der Waals surface area contributed by atoms with Crippen LogP contribution in [0, 0.1) is 6.92 Å². The Hall–Kier alpha value is -3.82. The molecule has 0 saturated heterocycles. The predicted molar refractivity (Wildman–Crippen MR) is 98.3 cm³/mol. The normalized spacial score (nSPS) is 18.0. The average Bonchev–Trinajstić information content (AvgIpc) is 3.24. The second-order valence-corrected chi connectivity index (χ2v) is 6.76. The zero-order valence-electron chi connectivity index (χ0n) is 15.2. The van der Waals surface area contributed by atoms with Gasteiger partial charge in [0, 0.05) is 23.6 Å². The van der Waals surface area contributed by atoms with Crippen molar-refractivity contribution in [3.8, 4) is 17.4 Å². The Morgan fingerprint density at radius 2 is 2.24 bits per heavy atom. The van der Waals surface area contributed by atoms with Crippen LogP contribution in [-0.4, -0.2) is 37.0 Å². The standard InChI is InChI=1S/C19H15FN6O3/c1-10-3-4-11(16-24-18(29-25-16)12-8-13(12)20)7-14(10)23-17(27)15-9-21-19(28-15)26-6-2-5-22-26/h2-7,9,12-13H,8H2,1H3,(H,23,27)/t12-,13-/m0/s1. The number of aryl methyl sites for hydroxylation is 1. The van der Waals surface area contributed by atoms with Crippen LogP contribution in [0.3, 0.4) is 0 Å². The number of nitrogens with zero attached hydrogens (tertiary/aromatic N) is 5. The van der Waals surface area contributed by atoms with E-state index in [1.807, 2.05) is 19.1 Å². The predicted octanol–water partition coefficient (Wildman–Crippen LogP) is 3.30. The molecule has 1 N–H and O–H groups in total. The van der Waals surface area contributed by atoms with Crippen molar-refractivity contribution in [3.63, 3.8) is 0 Å². The van der Waals surface area contributed by atoms with E-state index >= 15 is 0 Å². The van der Waals surface area contributed by atoms with Gasteiger partial charge < -0.3 is 14.3 Å². The number of nitrogens with one attached hydrogen (secondary N) is 1. The zero-order chi connectivity index (χ0) is 20.0. The Morgan fingerprint density at radius 1 is 1.38 bits per heavy atom. The lowest BCUT2D eigenvalue weighted by Gasteiger charge is -2.08. The molecule has 5 rings (SSSR count). The van der Waals surface area contributed by atoms with Gasteiger partial charge in [0.1, 0.15) is 6.17 Å². The first-order chi connectivity index (χ1) is 14.1. The molecule has 0 unspecified atom stereocenters. The third-order valence-corrected chi connectivity index (χ3v) is 4.63. The van der Waals surface area contributed by atoms with E-state index in [2.05, 4.69) is 25.5 Å². The summed E-state index contributed by atoms with van der Waals surface area (Å²) in [5.74, 6) is -0.0777. The summed E-state index contributed by atoms with van der Waals surface area (Å²) in [4.78, 5) is 20.9. The molecular weight excluding hydrogens is 379 g/mol. The highest BCUT2D eigenvalue weighted by molar-refractivity contribution is 6.02. The van der Waals surface area contributed by atoms with Crippen molar-refractivity contribution in [2.75, 3.05) is 5.32 Å². The third kappa shape index (κ3) is 3.28. The van der Waals surface area contributed by atoms with Crippen molar-refractivity contribution >= 4 is 11.6 Å². The van der Waals surface area contributed by atoms with Crippen molar-refractivity contribution in [3.05, 3.63) is 60.1 Å². The summed E-state index contributed by atoms with van der Waals surface area (Å²) in [6.45, 7) is 1.86. The van der Waals surface area contributed by atoms with E-state index in [4.69, 9.17) is 8.94 Å². The van der Waals surface area contributed by atoms with E-state index in [-0.39, 0.29) is 17.7 Å². The molecule has 1 fully saturated rings. The largest absolute Gasteiger partial charge is 0.417 e. The van der Waals surface area contributed by atoms with E-state index in [0.29, 0.717) is 29.4 Å². The molecule has 1 saturated carbocycles. The highest BCUT2D eigenvalue weighted by Crippen LogP contribution is 2.43. The molecule has 0 aliphatic heterocycles. The van der Waals surface area contributed by atoms with Gasteiger partial charge in [-0.25, -0.2) is 4.39 Å². The fourth-order valence-corrected chi connectivity index (χ4v) is 2.86. The minimum absolute atomic E-state index is 0.0462. The van der Waals surface area contributed by atoms with E-state index in [1.54, 1.807) is 24.5 Å². The highest BCUT2D eigenvalue weighted by Gasteiger charge is 2.43. The average molecular weight is 394 g/mol. The Balaban J connectivity index is 1.36. The van der Waals surface area contributed by atoms with Gasteiger partial charge >= 0.3 is 6.01 Å². The molecule has 146 valence electrons. The quantitative estimate of drug-likeness (QED) is 0.553. The number of hydrogen-bond acceptors (Lipinski definition) is 7. The molecule has 29 heavy (non-hydrogen) atoms. The van der Waals surface area contributed by atoms with Crippen LogP contribution in [0.2, 0.25) is 0 Å². The summed E-state index contributed by atoms with van der Waals surface area (Å²) in [7, 11) is 0. The van der Waals surface area contributed by atoms with E-state index in [9.17, 15) is 9.18 Å². The van der Waals surface area contributed by atoms with Crippen molar-refractivity contribution in [2.45, 2.75) is 25.4 Å². The number of halogens is 1. The van der Waals surface area contributed by atoms with Gasteiger partial charge in [-0.15, -0.1) is 0 Å². The lowest BCUT2D eigenvalue weighted by molar-refractivity contribution is 0.0996. The summed E-state index contributed by atoms with van der Waals surface area (Å²) < 4.78 is 25.2. The number of alkyl halides is 1. The summed E-state index contributed by atoms with van der Waals surface area (Å²) in [6.07, 6.45) is 4.07. The number of aromatic nitrogens is 5. The van der Waals surface area contributed by atoms with Crippen LogP contribution in [0.25, 0.3) is 17.4 Å². The summed E-state index contributed by atoms with van der Waals surface area (Å²) in [6, 6.07) is 7.28. The maximum atomic E-state index is 13.2. The zero-order valence-corrected chi connectivity index (χ0v) is 15.2. The Kier molecular flexibility index (Phi) is 3.97. The molecule has 4 aromatic rings. The van der Waals surface area contributed by atoms with Gasteiger partial charge in [0.2, 0.25) is 17.5 Å². The van der Waals surface area contributed by atoms with Gasteiger partial charge in [-0.05, 0) is 31.0 Å². The lowest BCUT2D eigenvalue weighted by atomic mass is 10.1. The lowest BCUT2D eigenvalue weighted by Crippen LogP contribution is -2.12. The monoisotopic (exact) mass is 394 g/mol. The SMILES string of the molecule is Cc1ccc(-c2noc([C@H]3C[C@@H]3F)n2)cc1NC(=O)c1cnc(-n2cccn2)o1. The summed E-state index contributed by atoms with van der Waals surface area (Å²) in [5, 5.41) is 10.7. The fourth-order valence-electron chi connectivity index (χ4n) is 2.86. The first-order valence-electron chi connectivity index (χ1n) is 8.94. The summed E-state index contributed by atoms with van der Waals surface area (Å²) in [5.41, 5.74) is 2.04. The molecule has 1 amide bonds. The van der Waals surface area contributed by atoms with Gasteiger partial charge in [0.05, 0.1) is 12.1 Å². The number of hydrogen-bond donors (Lipinski definition) is 1. The molecule has 9 nitrogen and oxygen atoms in total. The van der Waals surface area contributed by atoms with Gasteiger partial charge in [-0.3, -0.25) is 4.79 Å². The van der Waals surface area contributed by atoms with Crippen molar-refractivity contribution in [2.24, 2.45) is 0 Å². The highest BCUT2D eigenvalue weighted by atomic mass is 19.1. The van der Waals surface area contributed by atoms with Crippen LogP contribution < -0.4 is 5.32 Å². The van der Waals surface area contributed by atoms with Crippen LogP contribution >= 0.6 is 0 Å². The molecule has 1 aliphatic rings. The van der Waals surface area contributed by atoms with Crippen LogP contribution in [0.4, 0.5) is 10.1 Å². The van der Waals surface area contributed by atoms with E-state index in [0.717, 1.165) is 5.56 Å². The Bertz CT molecular complexity index is 1180. The van der Waals surface area contributed by atoms with Crippen LogP contribution in [0.1, 0.15) is 34.3 Å². The number of benzene rings is 1. The van der Waals surface area contributed by atoms with Gasteiger partial charge in [0.25, 0.3) is 5.91 Å². The maximum Gasteiger partial charge on any atom is 0.323 e. The topological polar surface area (TPSA) is 112 Å². The molecule has 2 atom stereocenters. The number of amides is 1. The molecule has 3 heterocycles. The third-order valence-electron chi connectivity index (χ3n) is 4.63. The van der Waals surface area contributed by atoms with Gasteiger partial charge in [-0.2, -0.15) is 19.7 Å². The number of carbonyl (C=O) groups is 1. The van der Waals surface area contributed by atoms with Crippen LogP contribution in [0.15, 0.2) is 51.8 Å². The molecule has 0 bridgehead atoms. The molecule has 0 radical (unpaired) electrons. The van der Waals surface area contributed by atoms with Gasteiger partial charge in [0.15, 0.2) is 0 Å². The molecule has 0 spiro atoms. The molecular formula is C19H15FN6O3. The molecule has 1 aliphatic carbocycles. The van der Waals surface area contributed by atoms with Crippen molar-refractivity contribution in [1.29, 1.82) is 0 Å². The number of rotatable bonds is 5. The minimum atomic E-state index is -0.912. The number of oxazole rings is 1. The maximum absolute atomic E-state index is 13.2. The van der Waals surface area contributed by atoms with Gasteiger partial charge in [-0.1, -0.05) is 17.3 Å². The first-order valence-corrected chi connectivity index (χ1v) is 8.94. The fraction of sp³-hybridized carbons (Fsp3) is 0.211. The Morgan fingerprint density at radius 3 is 3.00 bits per heavy atom.